The lowest BCUT2D eigenvalue weighted by Crippen LogP contribution is -2.43. The molecule has 0 aliphatic carbocycles. The van der Waals surface area contributed by atoms with Crippen molar-refractivity contribution in [2.24, 2.45) is 4.99 Å². The molecule has 2 rings (SSSR count). The van der Waals surface area contributed by atoms with Gasteiger partial charge in [0.15, 0.2) is 5.96 Å². The number of halogens is 1. The quantitative estimate of drug-likeness (QED) is 0.254. The maximum Gasteiger partial charge on any atom is 0.241 e. The van der Waals surface area contributed by atoms with Gasteiger partial charge < -0.3 is 15.5 Å². The fourth-order valence-electron chi connectivity index (χ4n) is 2.58. The van der Waals surface area contributed by atoms with Crippen LogP contribution in [0.25, 0.3) is 0 Å². The number of likely N-dealkylation sites (N-methyl/N-ethyl adjacent to an activating group) is 1. The number of aryl methyl sites for hydroxylation is 3. The Bertz CT molecular complexity index is 757. The van der Waals surface area contributed by atoms with Crippen molar-refractivity contribution in [3.63, 3.8) is 0 Å². The lowest BCUT2D eigenvalue weighted by atomic mass is 10.2. The molecule has 1 heterocycles. The number of nitrogens with zero attached hydrogens (tertiary/aromatic N) is 4. The van der Waals surface area contributed by atoms with E-state index in [1.165, 1.54) is 5.69 Å². The highest BCUT2D eigenvalue weighted by Crippen LogP contribution is 2.02. The lowest BCUT2D eigenvalue weighted by Gasteiger charge is -2.15. The molecule has 7 nitrogen and oxygen atoms in total. The van der Waals surface area contributed by atoms with Crippen LogP contribution in [0.15, 0.2) is 41.4 Å². The molecule has 2 aromatic rings. The smallest absolute Gasteiger partial charge is 0.241 e. The molecule has 1 aromatic carbocycles. The number of hydrogen-bond acceptors (Lipinski definition) is 3. The monoisotopic (exact) mass is 498 g/mol. The summed E-state index contributed by atoms with van der Waals surface area (Å²) in [7, 11) is 3.49. The van der Waals surface area contributed by atoms with Gasteiger partial charge in [-0.15, -0.1) is 24.0 Å². The first-order valence-corrected chi connectivity index (χ1v) is 9.23. The van der Waals surface area contributed by atoms with E-state index in [4.69, 9.17) is 0 Å². The predicted molar refractivity (Wildman–Crippen MR) is 124 cm³/mol. The molecule has 154 valence electrons. The molecule has 2 N–H and O–H groups in total. The molecule has 8 heteroatoms. The van der Waals surface area contributed by atoms with Crippen molar-refractivity contribution in [3.8, 4) is 0 Å². The molecule has 0 unspecified atom stereocenters. The summed E-state index contributed by atoms with van der Waals surface area (Å²) in [6.07, 6.45) is 0.912. The molecular weight excluding hydrogens is 467 g/mol. The molecule has 0 bridgehead atoms. The molecule has 0 saturated heterocycles. The van der Waals surface area contributed by atoms with Gasteiger partial charge in [0, 0.05) is 32.9 Å². The SMILES string of the molecule is Cc1cc(C)n(CCCNC(=NCc2ccccc2)NCC(=O)N(C)C)n1.I. The molecular formula is C20H31IN6O. The van der Waals surface area contributed by atoms with Crippen molar-refractivity contribution in [1.29, 1.82) is 0 Å². The van der Waals surface area contributed by atoms with E-state index in [2.05, 4.69) is 33.7 Å². The Kier molecular flexibility index (Phi) is 10.6. The Hall–Kier alpha value is -2.10. The Morgan fingerprint density at radius 3 is 2.50 bits per heavy atom. The van der Waals surface area contributed by atoms with Crippen LogP contribution in [0.1, 0.15) is 23.4 Å². The highest BCUT2D eigenvalue weighted by Gasteiger charge is 2.06. The van der Waals surface area contributed by atoms with Gasteiger partial charge in [0.2, 0.25) is 5.91 Å². The molecule has 0 spiro atoms. The van der Waals surface area contributed by atoms with E-state index < -0.39 is 0 Å². The van der Waals surface area contributed by atoms with Gasteiger partial charge in [-0.05, 0) is 31.9 Å². The number of carbonyl (C=O) groups excluding carboxylic acids is 1. The molecule has 28 heavy (non-hydrogen) atoms. The summed E-state index contributed by atoms with van der Waals surface area (Å²) in [6.45, 7) is 6.43. The zero-order valence-corrected chi connectivity index (χ0v) is 19.4. The van der Waals surface area contributed by atoms with Crippen molar-refractivity contribution in [2.75, 3.05) is 27.2 Å². The first-order valence-electron chi connectivity index (χ1n) is 9.23. The normalized spacial score (nSPS) is 10.9. The van der Waals surface area contributed by atoms with Crippen molar-refractivity contribution < 1.29 is 4.79 Å². The Balaban J connectivity index is 0.00000392. The minimum Gasteiger partial charge on any atom is -0.356 e. The fourth-order valence-corrected chi connectivity index (χ4v) is 2.58. The molecule has 0 atom stereocenters. The average Bonchev–Trinajstić information content (AvgIpc) is 2.97. The van der Waals surface area contributed by atoms with E-state index in [9.17, 15) is 4.79 Å². The molecule has 0 saturated carbocycles. The summed E-state index contributed by atoms with van der Waals surface area (Å²) in [6, 6.07) is 12.1. The third-order valence-electron chi connectivity index (χ3n) is 4.11. The zero-order valence-electron chi connectivity index (χ0n) is 17.1. The van der Waals surface area contributed by atoms with Gasteiger partial charge in [0.1, 0.15) is 0 Å². The topological polar surface area (TPSA) is 74.6 Å². The first-order chi connectivity index (χ1) is 13.0. The van der Waals surface area contributed by atoms with Crippen molar-refractivity contribution in [1.82, 2.24) is 25.3 Å². The van der Waals surface area contributed by atoms with Gasteiger partial charge >= 0.3 is 0 Å². The highest BCUT2D eigenvalue weighted by atomic mass is 127. The number of rotatable bonds is 8. The molecule has 0 aliphatic heterocycles. The summed E-state index contributed by atoms with van der Waals surface area (Å²) >= 11 is 0. The number of carbonyl (C=O) groups is 1. The molecule has 0 aliphatic rings. The summed E-state index contributed by atoms with van der Waals surface area (Å²) < 4.78 is 2.01. The van der Waals surface area contributed by atoms with Crippen LogP contribution in [0.4, 0.5) is 0 Å². The van der Waals surface area contributed by atoms with E-state index in [-0.39, 0.29) is 36.4 Å². The second-order valence-corrected chi connectivity index (χ2v) is 6.72. The van der Waals surface area contributed by atoms with Crippen LogP contribution in [0.5, 0.6) is 0 Å². The van der Waals surface area contributed by atoms with Crippen LogP contribution >= 0.6 is 24.0 Å². The van der Waals surface area contributed by atoms with Crippen LogP contribution in [0.3, 0.4) is 0 Å². The van der Waals surface area contributed by atoms with E-state index >= 15 is 0 Å². The van der Waals surface area contributed by atoms with Crippen LogP contribution in [-0.2, 0) is 17.9 Å². The van der Waals surface area contributed by atoms with Crippen molar-refractivity contribution in [2.45, 2.75) is 33.4 Å². The minimum absolute atomic E-state index is 0. The summed E-state index contributed by atoms with van der Waals surface area (Å²) in [5, 5.41) is 10.9. The number of benzene rings is 1. The van der Waals surface area contributed by atoms with Gasteiger partial charge in [-0.25, -0.2) is 4.99 Å². The third-order valence-corrected chi connectivity index (χ3v) is 4.11. The van der Waals surface area contributed by atoms with Gasteiger partial charge in [-0.3, -0.25) is 9.48 Å². The summed E-state index contributed by atoms with van der Waals surface area (Å²) in [5.41, 5.74) is 3.33. The van der Waals surface area contributed by atoms with Gasteiger partial charge in [-0.2, -0.15) is 5.10 Å². The highest BCUT2D eigenvalue weighted by molar-refractivity contribution is 14.0. The predicted octanol–water partition coefficient (Wildman–Crippen LogP) is 2.33. The van der Waals surface area contributed by atoms with Crippen molar-refractivity contribution in [3.05, 3.63) is 53.3 Å². The Labute approximate surface area is 184 Å². The fraction of sp³-hybridized carbons (Fsp3) is 0.450. The van der Waals surface area contributed by atoms with Gasteiger partial charge in [0.05, 0.1) is 18.8 Å². The molecule has 1 amide bonds. The van der Waals surface area contributed by atoms with Gasteiger partial charge in [-0.1, -0.05) is 30.3 Å². The van der Waals surface area contributed by atoms with Crippen LogP contribution in [0, 0.1) is 13.8 Å². The van der Waals surface area contributed by atoms with E-state index in [1.807, 2.05) is 41.9 Å². The molecule has 0 radical (unpaired) electrons. The molecule has 0 fully saturated rings. The number of hydrogen-bond donors (Lipinski definition) is 2. The minimum atomic E-state index is 0. The standard InChI is InChI=1S/C20H30N6O.HI/c1-16-13-17(2)26(24-16)12-8-11-21-20(23-15-19(27)25(3)4)22-14-18-9-6-5-7-10-18;/h5-7,9-10,13H,8,11-12,14-15H2,1-4H3,(H2,21,22,23);1H. The number of nitrogens with one attached hydrogen (secondary N) is 2. The van der Waals surface area contributed by atoms with Crippen molar-refractivity contribution >= 4 is 35.8 Å². The zero-order chi connectivity index (χ0) is 19.6. The maximum atomic E-state index is 11.8. The number of aromatic nitrogens is 2. The summed E-state index contributed by atoms with van der Waals surface area (Å²) in [5.74, 6) is 0.647. The first kappa shape index (κ1) is 23.9. The number of amides is 1. The lowest BCUT2D eigenvalue weighted by molar-refractivity contribution is -0.127. The molecule has 1 aromatic heterocycles. The largest absolute Gasteiger partial charge is 0.356 e. The second-order valence-electron chi connectivity index (χ2n) is 6.72. The second kappa shape index (κ2) is 12.4. The maximum absolute atomic E-state index is 11.8. The summed E-state index contributed by atoms with van der Waals surface area (Å²) in [4.78, 5) is 18.0. The van der Waals surface area contributed by atoms with E-state index in [1.54, 1.807) is 19.0 Å². The van der Waals surface area contributed by atoms with Crippen LogP contribution in [-0.4, -0.2) is 53.7 Å². The Morgan fingerprint density at radius 2 is 1.89 bits per heavy atom. The third kappa shape index (κ3) is 8.28. The average molecular weight is 498 g/mol. The van der Waals surface area contributed by atoms with E-state index in [0.29, 0.717) is 12.5 Å². The number of guanidine groups is 1. The number of aliphatic imine (C=N–C) groups is 1. The van der Waals surface area contributed by atoms with Crippen LogP contribution in [0.2, 0.25) is 0 Å². The van der Waals surface area contributed by atoms with Gasteiger partial charge in [0.25, 0.3) is 0 Å². The van der Waals surface area contributed by atoms with E-state index in [0.717, 1.165) is 30.8 Å². The Morgan fingerprint density at radius 1 is 1.18 bits per heavy atom. The van der Waals surface area contributed by atoms with Crippen LogP contribution < -0.4 is 10.6 Å².